The summed E-state index contributed by atoms with van der Waals surface area (Å²) in [6.07, 6.45) is 2.37. The molecule has 0 heterocycles. The average Bonchev–Trinajstić information content (AvgIpc) is 3.23. The number of benzene rings is 4. The van der Waals surface area contributed by atoms with Crippen molar-refractivity contribution in [2.45, 2.75) is 89.6 Å². The van der Waals surface area contributed by atoms with Gasteiger partial charge < -0.3 is 19.3 Å². The lowest BCUT2D eigenvalue weighted by Gasteiger charge is -2.28. The summed E-state index contributed by atoms with van der Waals surface area (Å²) < 4.78 is 16.4. The topological polar surface area (TPSA) is 150 Å². The zero-order valence-electron chi connectivity index (χ0n) is 32.2. The fourth-order valence-corrected chi connectivity index (χ4v) is 6.18. The number of esters is 3. The van der Waals surface area contributed by atoms with Crippen LogP contribution < -0.4 is 0 Å². The number of carbonyl (C=O) groups is 6. The summed E-state index contributed by atoms with van der Waals surface area (Å²) in [5, 5.41) is 10.0. The van der Waals surface area contributed by atoms with Gasteiger partial charge in [-0.2, -0.15) is 0 Å². The first-order valence-corrected chi connectivity index (χ1v) is 19.1. The molecule has 4 rings (SSSR count). The molecule has 0 aliphatic carbocycles. The third-order valence-electron chi connectivity index (χ3n) is 9.86. The lowest BCUT2D eigenvalue weighted by Crippen LogP contribution is -2.43. The zero-order valence-corrected chi connectivity index (χ0v) is 32.2. The number of aliphatic carboxylic acids is 1. The van der Waals surface area contributed by atoms with Crippen LogP contribution in [0.4, 0.5) is 0 Å². The Morgan fingerprint density at radius 1 is 0.571 bits per heavy atom. The normalized spacial score (nSPS) is 13.1. The summed E-state index contributed by atoms with van der Waals surface area (Å²) in [6, 6.07) is 31.6. The van der Waals surface area contributed by atoms with Gasteiger partial charge in [0.2, 0.25) is 5.60 Å². The number of rotatable bonds is 22. The number of ketones is 2. The van der Waals surface area contributed by atoms with Crippen LogP contribution in [-0.2, 0) is 33.4 Å². The van der Waals surface area contributed by atoms with E-state index in [-0.39, 0.29) is 44.0 Å². The van der Waals surface area contributed by atoms with E-state index in [9.17, 15) is 33.9 Å². The monoisotopic (exact) mass is 762 g/mol. The van der Waals surface area contributed by atoms with Gasteiger partial charge in [-0.1, -0.05) is 110 Å². The molecule has 0 spiro atoms. The molecule has 0 aromatic heterocycles. The summed E-state index contributed by atoms with van der Waals surface area (Å²) >= 11 is 0. The Morgan fingerprint density at radius 2 is 1.07 bits per heavy atom. The van der Waals surface area contributed by atoms with Gasteiger partial charge in [-0.3, -0.25) is 24.0 Å². The van der Waals surface area contributed by atoms with Gasteiger partial charge in [0.25, 0.3) is 0 Å². The van der Waals surface area contributed by atoms with E-state index in [1.54, 1.807) is 118 Å². The molecule has 0 fully saturated rings. The molecular weight excluding hydrogens is 712 g/mol. The van der Waals surface area contributed by atoms with Crippen LogP contribution in [0.3, 0.4) is 0 Å². The molecule has 56 heavy (non-hydrogen) atoms. The van der Waals surface area contributed by atoms with Crippen molar-refractivity contribution in [1.82, 2.24) is 0 Å². The minimum atomic E-state index is -1.69. The molecule has 4 aromatic rings. The third-order valence-corrected chi connectivity index (χ3v) is 9.86. The maximum absolute atomic E-state index is 12.8. The Hall–Kier alpha value is -5.90. The smallest absolute Gasteiger partial charge is 0.348 e. The highest BCUT2D eigenvalue weighted by molar-refractivity contribution is 6.09. The first kappa shape index (κ1) is 42.8. The largest absolute Gasteiger partial charge is 0.478 e. The molecule has 10 nitrogen and oxygen atoms in total. The highest BCUT2D eigenvalue weighted by atomic mass is 16.6. The number of unbranched alkanes of at least 4 members (excludes halogenated alkanes) is 3. The van der Waals surface area contributed by atoms with Crippen molar-refractivity contribution in [3.05, 3.63) is 143 Å². The number of carboxylic acids is 1. The van der Waals surface area contributed by atoms with Gasteiger partial charge >= 0.3 is 23.9 Å². The van der Waals surface area contributed by atoms with Crippen molar-refractivity contribution in [2.24, 2.45) is 0 Å². The van der Waals surface area contributed by atoms with Gasteiger partial charge in [0.05, 0.1) is 25.0 Å². The predicted molar refractivity (Wildman–Crippen MR) is 210 cm³/mol. The van der Waals surface area contributed by atoms with Crippen LogP contribution in [0.25, 0.3) is 0 Å². The molecule has 0 aliphatic heterocycles. The average molecular weight is 763 g/mol. The molecule has 0 bridgehead atoms. The molecule has 10 heteroatoms. The SMILES string of the molecule is CC[C@](CCCCOC(=O)[C@@H](C)c1ccc(C(=O)c2ccccc2)cc1)(OC(=O)CCCCCOC(=O)[C@H](C)c1cccc(C(=O)c2ccccc2)c1)C(=O)O. The van der Waals surface area contributed by atoms with Crippen molar-refractivity contribution in [1.29, 1.82) is 0 Å². The highest BCUT2D eigenvalue weighted by Gasteiger charge is 2.40. The number of ether oxygens (including phenoxy) is 3. The third kappa shape index (κ3) is 12.1. The molecule has 0 saturated carbocycles. The number of hydrogen-bond acceptors (Lipinski definition) is 9. The maximum atomic E-state index is 12.8. The van der Waals surface area contributed by atoms with Crippen LogP contribution in [0, 0.1) is 0 Å². The minimum absolute atomic E-state index is 0.0124. The van der Waals surface area contributed by atoms with Crippen LogP contribution in [0.5, 0.6) is 0 Å². The summed E-state index contributed by atoms with van der Waals surface area (Å²) in [4.78, 5) is 75.9. The Bertz CT molecular complexity index is 1940. The summed E-state index contributed by atoms with van der Waals surface area (Å²) in [5.74, 6) is -4.10. The molecule has 0 unspecified atom stereocenters. The van der Waals surface area contributed by atoms with E-state index < -0.39 is 41.3 Å². The Balaban J connectivity index is 1.13. The van der Waals surface area contributed by atoms with Crippen LogP contribution >= 0.6 is 0 Å². The Kier molecular flexibility index (Phi) is 16.3. The standard InChI is InChI=1S/C46H50O10/c1-4-46(45(52)53,28-13-15-30-55-43(50)32(2)34-24-26-37(27-25-34)41(48)35-17-8-5-9-18-35)56-40(47)23-12-7-14-29-54-44(51)33(3)38-21-16-22-39(31-38)42(49)36-19-10-6-11-20-36/h5-6,8-11,16-22,24-27,31-33H,4,7,12-15,23,28-30H2,1-3H3,(H,52,53)/t32-,33+,46+/m0/s1. The maximum Gasteiger partial charge on any atom is 0.348 e. The number of carboxylic acid groups (broad SMARTS) is 1. The number of hydrogen-bond donors (Lipinski definition) is 1. The fraction of sp³-hybridized carbons (Fsp3) is 0.348. The lowest BCUT2D eigenvalue weighted by atomic mass is 9.93. The van der Waals surface area contributed by atoms with Gasteiger partial charge in [0.15, 0.2) is 11.6 Å². The molecular formula is C46H50O10. The van der Waals surface area contributed by atoms with E-state index >= 15 is 0 Å². The highest BCUT2D eigenvalue weighted by Crippen LogP contribution is 2.26. The molecule has 294 valence electrons. The van der Waals surface area contributed by atoms with Crippen molar-refractivity contribution >= 4 is 35.4 Å². The van der Waals surface area contributed by atoms with Gasteiger partial charge in [-0.15, -0.1) is 0 Å². The van der Waals surface area contributed by atoms with E-state index in [4.69, 9.17) is 14.2 Å². The molecule has 0 aliphatic rings. The lowest BCUT2D eigenvalue weighted by molar-refractivity contribution is -0.180. The van der Waals surface area contributed by atoms with Gasteiger partial charge in [-0.25, -0.2) is 4.79 Å². The molecule has 4 aromatic carbocycles. The van der Waals surface area contributed by atoms with Crippen LogP contribution in [-0.4, -0.2) is 59.4 Å². The minimum Gasteiger partial charge on any atom is -0.478 e. The molecule has 1 N–H and O–H groups in total. The number of carbonyl (C=O) groups excluding carboxylic acids is 5. The van der Waals surface area contributed by atoms with Crippen molar-refractivity contribution in [3.8, 4) is 0 Å². The van der Waals surface area contributed by atoms with E-state index in [0.717, 1.165) is 0 Å². The van der Waals surface area contributed by atoms with Crippen LogP contribution in [0.15, 0.2) is 109 Å². The van der Waals surface area contributed by atoms with E-state index in [0.29, 0.717) is 65.5 Å². The Morgan fingerprint density at radius 3 is 1.62 bits per heavy atom. The first-order chi connectivity index (χ1) is 27.0. The molecule has 0 amide bonds. The summed E-state index contributed by atoms with van der Waals surface area (Å²) in [6.45, 7) is 5.31. The van der Waals surface area contributed by atoms with E-state index in [1.807, 2.05) is 12.1 Å². The second kappa shape index (κ2) is 21.3. The predicted octanol–water partition coefficient (Wildman–Crippen LogP) is 8.65. The second-order valence-electron chi connectivity index (χ2n) is 13.8. The summed E-state index contributed by atoms with van der Waals surface area (Å²) in [5.41, 5.74) is 1.83. The summed E-state index contributed by atoms with van der Waals surface area (Å²) in [7, 11) is 0. The van der Waals surface area contributed by atoms with Crippen molar-refractivity contribution < 1.29 is 48.1 Å². The second-order valence-corrected chi connectivity index (χ2v) is 13.8. The van der Waals surface area contributed by atoms with Crippen molar-refractivity contribution in [2.75, 3.05) is 13.2 Å². The zero-order chi connectivity index (χ0) is 40.5. The van der Waals surface area contributed by atoms with Crippen LogP contribution in [0.2, 0.25) is 0 Å². The first-order valence-electron chi connectivity index (χ1n) is 19.1. The van der Waals surface area contributed by atoms with E-state index in [2.05, 4.69) is 0 Å². The molecule has 3 atom stereocenters. The van der Waals surface area contributed by atoms with Crippen LogP contribution in [0.1, 0.15) is 127 Å². The molecule has 0 saturated heterocycles. The Labute approximate surface area is 328 Å². The van der Waals surface area contributed by atoms with Gasteiger partial charge in [0.1, 0.15) is 0 Å². The van der Waals surface area contributed by atoms with E-state index in [1.165, 1.54) is 0 Å². The molecule has 0 radical (unpaired) electrons. The van der Waals surface area contributed by atoms with Gasteiger partial charge in [0, 0.05) is 28.7 Å². The fourth-order valence-electron chi connectivity index (χ4n) is 6.18. The quantitative estimate of drug-likeness (QED) is 0.0357. The van der Waals surface area contributed by atoms with Crippen molar-refractivity contribution in [3.63, 3.8) is 0 Å². The van der Waals surface area contributed by atoms with Gasteiger partial charge in [-0.05, 0) is 76.0 Å².